The molecule has 0 aliphatic carbocycles. The maximum Gasteiger partial charge on any atom is 0.172 e. The van der Waals surface area contributed by atoms with E-state index in [2.05, 4.69) is 42.1 Å². The highest BCUT2D eigenvalue weighted by Gasteiger charge is 2.14. The van der Waals surface area contributed by atoms with E-state index in [0.717, 1.165) is 16.9 Å². The van der Waals surface area contributed by atoms with Crippen molar-refractivity contribution >= 4 is 17.2 Å². The van der Waals surface area contributed by atoms with Crippen molar-refractivity contribution in [2.75, 3.05) is 11.9 Å². The lowest BCUT2D eigenvalue weighted by Crippen LogP contribution is -2.20. The van der Waals surface area contributed by atoms with E-state index < -0.39 is 0 Å². The minimum Gasteiger partial charge on any atom is -0.409 e. The van der Waals surface area contributed by atoms with Gasteiger partial charge in [0, 0.05) is 18.3 Å². The molecule has 2 aromatic rings. The summed E-state index contributed by atoms with van der Waals surface area (Å²) in [5.41, 5.74) is 12.1. The Morgan fingerprint density at radius 1 is 1.00 bits per heavy atom. The molecule has 0 atom stereocenters. The zero-order chi connectivity index (χ0) is 15.6. The molecule has 3 N–H and O–H groups in total. The molecule has 0 aliphatic heterocycles. The van der Waals surface area contributed by atoms with Gasteiger partial charge in [-0.05, 0) is 50.1 Å². The average molecular weight is 283 g/mol. The van der Waals surface area contributed by atoms with Crippen LogP contribution in [0.15, 0.2) is 41.6 Å². The van der Waals surface area contributed by atoms with Gasteiger partial charge in [0.15, 0.2) is 5.84 Å². The lowest BCUT2D eigenvalue weighted by Gasteiger charge is -2.24. The van der Waals surface area contributed by atoms with Crippen LogP contribution in [0, 0.1) is 20.8 Å². The number of hydrogen-bond donors (Lipinski definition) is 2. The molecule has 0 unspecified atom stereocenters. The summed E-state index contributed by atoms with van der Waals surface area (Å²) in [6.07, 6.45) is 0. The number of aryl methyl sites for hydroxylation is 3. The Hall–Kier alpha value is -2.49. The van der Waals surface area contributed by atoms with Gasteiger partial charge in [-0.15, -0.1) is 0 Å². The molecule has 0 radical (unpaired) electrons. The minimum absolute atomic E-state index is 0.113. The van der Waals surface area contributed by atoms with Crippen molar-refractivity contribution < 1.29 is 5.21 Å². The van der Waals surface area contributed by atoms with Crippen molar-refractivity contribution in [2.24, 2.45) is 10.9 Å². The molecule has 2 aromatic carbocycles. The van der Waals surface area contributed by atoms with Gasteiger partial charge in [0.05, 0.1) is 5.69 Å². The van der Waals surface area contributed by atoms with Crippen LogP contribution in [0.3, 0.4) is 0 Å². The van der Waals surface area contributed by atoms with Crippen LogP contribution in [0.25, 0.3) is 0 Å². The van der Waals surface area contributed by atoms with Crippen LogP contribution in [-0.4, -0.2) is 18.1 Å². The quantitative estimate of drug-likeness (QED) is 0.392. The highest BCUT2D eigenvalue weighted by molar-refractivity contribution is 6.03. The largest absolute Gasteiger partial charge is 0.409 e. The van der Waals surface area contributed by atoms with Crippen molar-refractivity contribution in [2.45, 2.75) is 20.8 Å². The molecule has 0 saturated heterocycles. The third kappa shape index (κ3) is 2.99. The molecule has 21 heavy (non-hydrogen) atoms. The van der Waals surface area contributed by atoms with E-state index in [-0.39, 0.29) is 5.84 Å². The van der Waals surface area contributed by atoms with Crippen LogP contribution in [-0.2, 0) is 0 Å². The first kappa shape index (κ1) is 14.9. The van der Waals surface area contributed by atoms with E-state index in [1.54, 1.807) is 0 Å². The molecule has 4 heteroatoms. The van der Waals surface area contributed by atoms with Crippen LogP contribution >= 0.6 is 0 Å². The van der Waals surface area contributed by atoms with Crippen molar-refractivity contribution in [3.63, 3.8) is 0 Å². The second kappa shape index (κ2) is 5.87. The second-order valence-corrected chi connectivity index (χ2v) is 5.35. The number of anilines is 2. The highest BCUT2D eigenvalue weighted by atomic mass is 16.4. The fourth-order valence-corrected chi connectivity index (χ4v) is 2.50. The zero-order valence-corrected chi connectivity index (χ0v) is 12.9. The molecule has 2 rings (SSSR count). The Morgan fingerprint density at radius 3 is 2.24 bits per heavy atom. The fourth-order valence-electron chi connectivity index (χ4n) is 2.50. The molecule has 0 amide bonds. The lowest BCUT2D eigenvalue weighted by molar-refractivity contribution is 0.318. The standard InChI is InChI=1S/C17H21N3O/c1-11-6-8-15(13(3)9-11)20(4)16-10-12(2)5-7-14(16)17(18)19-21/h5-10,21H,1-4H3,(H2,18,19). The number of oxime groups is 1. The fraction of sp³-hybridized carbons (Fsp3) is 0.235. The summed E-state index contributed by atoms with van der Waals surface area (Å²) in [7, 11) is 1.99. The van der Waals surface area contributed by atoms with Crippen LogP contribution in [0.4, 0.5) is 11.4 Å². The number of nitrogens with zero attached hydrogens (tertiary/aromatic N) is 2. The highest BCUT2D eigenvalue weighted by Crippen LogP contribution is 2.30. The molecule has 0 aliphatic rings. The summed E-state index contributed by atoms with van der Waals surface area (Å²) in [5.74, 6) is 0.113. The molecule has 4 nitrogen and oxygen atoms in total. The van der Waals surface area contributed by atoms with E-state index in [1.807, 2.05) is 32.2 Å². The summed E-state index contributed by atoms with van der Waals surface area (Å²) in [6.45, 7) is 6.18. The summed E-state index contributed by atoms with van der Waals surface area (Å²) in [5, 5.41) is 12.1. The Kier molecular flexibility index (Phi) is 4.17. The van der Waals surface area contributed by atoms with Crippen LogP contribution in [0.2, 0.25) is 0 Å². The van der Waals surface area contributed by atoms with Crippen molar-refractivity contribution in [1.29, 1.82) is 0 Å². The van der Waals surface area contributed by atoms with Crippen molar-refractivity contribution in [3.8, 4) is 0 Å². The SMILES string of the molecule is Cc1ccc(N(C)c2cc(C)ccc2C(N)=NO)c(C)c1. The Bertz CT molecular complexity index is 692. The number of rotatable bonds is 3. The monoisotopic (exact) mass is 283 g/mol. The molecule has 0 fully saturated rings. The topological polar surface area (TPSA) is 61.8 Å². The summed E-state index contributed by atoms with van der Waals surface area (Å²) >= 11 is 0. The predicted molar refractivity (Wildman–Crippen MR) is 87.7 cm³/mol. The molecule has 110 valence electrons. The van der Waals surface area contributed by atoms with Gasteiger partial charge in [-0.2, -0.15) is 0 Å². The number of nitrogens with two attached hydrogens (primary N) is 1. The molecule has 0 heterocycles. The maximum absolute atomic E-state index is 8.97. The average Bonchev–Trinajstić information content (AvgIpc) is 2.45. The Balaban J connectivity index is 2.57. The van der Waals surface area contributed by atoms with E-state index in [9.17, 15) is 0 Å². The van der Waals surface area contributed by atoms with Gasteiger partial charge in [0.1, 0.15) is 0 Å². The van der Waals surface area contributed by atoms with E-state index >= 15 is 0 Å². The van der Waals surface area contributed by atoms with Gasteiger partial charge in [0.25, 0.3) is 0 Å². The van der Waals surface area contributed by atoms with Crippen LogP contribution < -0.4 is 10.6 Å². The molecule has 0 bridgehead atoms. The third-order valence-corrected chi connectivity index (χ3v) is 3.61. The van der Waals surface area contributed by atoms with Gasteiger partial charge in [0.2, 0.25) is 0 Å². The summed E-state index contributed by atoms with van der Waals surface area (Å²) in [6, 6.07) is 12.2. The lowest BCUT2D eigenvalue weighted by atomic mass is 10.1. The van der Waals surface area contributed by atoms with Gasteiger partial charge in [-0.3, -0.25) is 0 Å². The molecule has 0 aromatic heterocycles. The molecular formula is C17H21N3O. The number of benzene rings is 2. The summed E-state index contributed by atoms with van der Waals surface area (Å²) in [4.78, 5) is 2.06. The number of hydrogen-bond acceptors (Lipinski definition) is 3. The Morgan fingerprint density at radius 2 is 1.62 bits per heavy atom. The first-order valence-corrected chi connectivity index (χ1v) is 6.83. The van der Waals surface area contributed by atoms with E-state index in [0.29, 0.717) is 5.56 Å². The van der Waals surface area contributed by atoms with Crippen LogP contribution in [0.5, 0.6) is 0 Å². The maximum atomic E-state index is 8.97. The van der Waals surface area contributed by atoms with E-state index in [4.69, 9.17) is 10.9 Å². The third-order valence-electron chi connectivity index (χ3n) is 3.61. The van der Waals surface area contributed by atoms with Crippen molar-refractivity contribution in [3.05, 3.63) is 58.7 Å². The normalized spacial score (nSPS) is 11.5. The smallest absolute Gasteiger partial charge is 0.172 e. The van der Waals surface area contributed by atoms with Gasteiger partial charge in [-0.25, -0.2) is 0 Å². The summed E-state index contributed by atoms with van der Waals surface area (Å²) < 4.78 is 0. The van der Waals surface area contributed by atoms with E-state index in [1.165, 1.54) is 11.1 Å². The second-order valence-electron chi connectivity index (χ2n) is 5.35. The first-order valence-electron chi connectivity index (χ1n) is 6.83. The molecule has 0 saturated carbocycles. The van der Waals surface area contributed by atoms with Gasteiger partial charge >= 0.3 is 0 Å². The molecular weight excluding hydrogens is 262 g/mol. The van der Waals surface area contributed by atoms with Crippen molar-refractivity contribution in [1.82, 2.24) is 0 Å². The van der Waals surface area contributed by atoms with Gasteiger partial charge in [-0.1, -0.05) is 28.9 Å². The number of amidine groups is 1. The predicted octanol–water partition coefficient (Wildman–Crippen LogP) is 3.47. The zero-order valence-electron chi connectivity index (χ0n) is 12.9. The van der Waals surface area contributed by atoms with Crippen LogP contribution in [0.1, 0.15) is 22.3 Å². The molecule has 0 spiro atoms. The minimum atomic E-state index is 0.113. The van der Waals surface area contributed by atoms with Gasteiger partial charge < -0.3 is 15.8 Å². The first-order chi connectivity index (χ1) is 9.93. The Labute approximate surface area is 125 Å².